The van der Waals surface area contributed by atoms with Gasteiger partial charge in [0.15, 0.2) is 0 Å². The number of para-hydroxylation sites is 1. The molecule has 1 N–H and O–H groups in total. The fourth-order valence-corrected chi connectivity index (χ4v) is 3.31. The zero-order valence-corrected chi connectivity index (χ0v) is 15.2. The van der Waals surface area contributed by atoms with E-state index in [4.69, 9.17) is 0 Å². The van der Waals surface area contributed by atoms with Gasteiger partial charge in [-0.25, -0.2) is 13.8 Å². The molecule has 2 rings (SSSR count). The van der Waals surface area contributed by atoms with Crippen molar-refractivity contribution in [3.05, 3.63) is 58.8 Å². The Morgan fingerprint density at radius 1 is 1.29 bits per heavy atom. The number of sulfonamides is 1. The molecule has 9 heteroatoms. The molecule has 0 aliphatic carbocycles. The van der Waals surface area contributed by atoms with Crippen LogP contribution in [-0.2, 0) is 14.8 Å². The topological polar surface area (TPSA) is 91.7 Å². The van der Waals surface area contributed by atoms with Gasteiger partial charge < -0.3 is 0 Å². The predicted molar refractivity (Wildman–Crippen MR) is 96.3 cm³/mol. The van der Waals surface area contributed by atoms with E-state index in [1.54, 1.807) is 48.8 Å². The Hall–Kier alpha value is -2.26. The van der Waals surface area contributed by atoms with Crippen LogP contribution in [0.5, 0.6) is 0 Å². The summed E-state index contributed by atoms with van der Waals surface area (Å²) >= 11 is 3.29. The highest BCUT2D eigenvalue weighted by atomic mass is 79.9. The smallest absolute Gasteiger partial charge is 0.260 e. The van der Waals surface area contributed by atoms with Gasteiger partial charge in [0.05, 0.1) is 18.2 Å². The summed E-state index contributed by atoms with van der Waals surface area (Å²) in [5.41, 5.74) is 3.45. The Bertz CT molecular complexity index is 841. The molecule has 0 radical (unpaired) electrons. The summed E-state index contributed by atoms with van der Waals surface area (Å²) < 4.78 is 25.6. The first-order chi connectivity index (χ1) is 11.4. The molecule has 0 atom stereocenters. The minimum atomic E-state index is -3.63. The van der Waals surface area contributed by atoms with Gasteiger partial charge in [0.2, 0.25) is 10.0 Å². The van der Waals surface area contributed by atoms with Gasteiger partial charge in [-0.15, -0.1) is 0 Å². The molecule has 0 aliphatic rings. The zero-order chi connectivity index (χ0) is 17.6. The van der Waals surface area contributed by atoms with E-state index < -0.39 is 15.9 Å². The van der Waals surface area contributed by atoms with Crippen molar-refractivity contribution in [3.8, 4) is 0 Å². The summed E-state index contributed by atoms with van der Waals surface area (Å²) in [5, 5.41) is 3.81. The quantitative estimate of drug-likeness (QED) is 0.579. The molecule has 0 saturated heterocycles. The van der Waals surface area contributed by atoms with E-state index in [9.17, 15) is 13.2 Å². The van der Waals surface area contributed by atoms with E-state index in [0.29, 0.717) is 10.2 Å². The number of nitrogens with zero attached hydrogens (tertiary/aromatic N) is 3. The van der Waals surface area contributed by atoms with Crippen LogP contribution in [0.3, 0.4) is 0 Å². The second-order valence-corrected chi connectivity index (χ2v) is 7.56. The average Bonchev–Trinajstić information content (AvgIpc) is 2.53. The van der Waals surface area contributed by atoms with Crippen LogP contribution in [0, 0.1) is 0 Å². The average molecular weight is 411 g/mol. The highest BCUT2D eigenvalue weighted by molar-refractivity contribution is 9.10. The number of aromatic nitrogens is 1. The van der Waals surface area contributed by atoms with Crippen molar-refractivity contribution in [3.63, 3.8) is 0 Å². The number of hydrazone groups is 1. The molecule has 0 fully saturated rings. The van der Waals surface area contributed by atoms with Crippen LogP contribution in [0.15, 0.2) is 58.4 Å². The molecule has 0 saturated carbocycles. The fourth-order valence-electron chi connectivity index (χ4n) is 1.83. The van der Waals surface area contributed by atoms with Gasteiger partial charge in [-0.3, -0.25) is 14.1 Å². The molecule has 1 heterocycles. The van der Waals surface area contributed by atoms with E-state index in [-0.39, 0.29) is 6.54 Å². The van der Waals surface area contributed by atoms with Crippen LogP contribution >= 0.6 is 15.9 Å². The number of hydrogen-bond donors (Lipinski definition) is 1. The maximum absolute atomic E-state index is 12.0. The summed E-state index contributed by atoms with van der Waals surface area (Å²) in [5.74, 6) is -0.554. The van der Waals surface area contributed by atoms with Crippen molar-refractivity contribution in [2.24, 2.45) is 5.10 Å². The largest absolute Gasteiger partial charge is 0.271 e. The van der Waals surface area contributed by atoms with Gasteiger partial charge in [0.1, 0.15) is 6.54 Å². The summed E-state index contributed by atoms with van der Waals surface area (Å²) in [7, 11) is -3.63. The summed E-state index contributed by atoms with van der Waals surface area (Å²) in [6, 6.07) is 10.2. The Morgan fingerprint density at radius 2 is 1.96 bits per heavy atom. The standard InChI is InChI=1S/C15H15BrN4O3S/c1-24(22,23)20(14-5-3-2-4-13(14)16)11-15(21)19-18-10-12-6-8-17-9-7-12/h2-10H,11H2,1H3,(H,19,21)/b18-10-. The number of hydrogen-bond acceptors (Lipinski definition) is 5. The molecule has 0 bridgehead atoms. The SMILES string of the molecule is CS(=O)(=O)N(CC(=O)N/N=C\c1ccncc1)c1ccccc1Br. The molecule has 24 heavy (non-hydrogen) atoms. The first-order valence-corrected chi connectivity index (χ1v) is 9.46. The van der Waals surface area contributed by atoms with Crippen molar-refractivity contribution >= 4 is 43.8 Å². The van der Waals surface area contributed by atoms with Crippen molar-refractivity contribution in [1.82, 2.24) is 10.4 Å². The lowest BCUT2D eigenvalue weighted by molar-refractivity contribution is -0.119. The van der Waals surface area contributed by atoms with Gasteiger partial charge in [0.25, 0.3) is 5.91 Å². The van der Waals surface area contributed by atoms with Crippen molar-refractivity contribution in [1.29, 1.82) is 0 Å². The molecule has 1 amide bonds. The number of pyridine rings is 1. The normalized spacial score (nSPS) is 11.4. The van der Waals surface area contributed by atoms with Crippen molar-refractivity contribution in [2.75, 3.05) is 17.1 Å². The van der Waals surface area contributed by atoms with Gasteiger partial charge in [-0.2, -0.15) is 5.10 Å². The molecule has 7 nitrogen and oxygen atoms in total. The summed E-state index contributed by atoms with van der Waals surface area (Å²) in [6.07, 6.45) is 5.69. The lowest BCUT2D eigenvalue weighted by atomic mass is 10.3. The van der Waals surface area contributed by atoms with E-state index in [0.717, 1.165) is 16.1 Å². The molecule has 0 unspecified atom stereocenters. The van der Waals surface area contributed by atoms with E-state index in [1.807, 2.05) is 0 Å². The molecule has 1 aromatic carbocycles. The third-order valence-electron chi connectivity index (χ3n) is 2.92. The first-order valence-electron chi connectivity index (χ1n) is 6.82. The van der Waals surface area contributed by atoms with E-state index in [1.165, 1.54) is 6.21 Å². The lowest BCUT2D eigenvalue weighted by Crippen LogP contribution is -2.39. The number of nitrogens with one attached hydrogen (secondary N) is 1. The minimum absolute atomic E-state index is 0.380. The second-order valence-electron chi connectivity index (χ2n) is 4.79. The van der Waals surface area contributed by atoms with Gasteiger partial charge in [-0.05, 0) is 45.8 Å². The first kappa shape index (κ1) is 18.1. The Morgan fingerprint density at radius 3 is 2.58 bits per heavy atom. The van der Waals surface area contributed by atoms with Crippen LogP contribution in [0.25, 0.3) is 0 Å². The maximum atomic E-state index is 12.0. The Kier molecular flexibility index (Phi) is 6.04. The van der Waals surface area contributed by atoms with Gasteiger partial charge in [-0.1, -0.05) is 12.1 Å². The Balaban J connectivity index is 2.09. The highest BCUT2D eigenvalue weighted by Crippen LogP contribution is 2.27. The number of carbonyl (C=O) groups excluding carboxylic acids is 1. The summed E-state index contributed by atoms with van der Waals surface area (Å²) in [4.78, 5) is 15.9. The van der Waals surface area contributed by atoms with Gasteiger partial charge in [0, 0.05) is 16.9 Å². The van der Waals surface area contributed by atoms with Gasteiger partial charge >= 0.3 is 0 Å². The molecular formula is C15H15BrN4O3S. The maximum Gasteiger partial charge on any atom is 0.260 e. The van der Waals surface area contributed by atoms with Crippen molar-refractivity contribution < 1.29 is 13.2 Å². The number of benzene rings is 1. The number of anilines is 1. The minimum Gasteiger partial charge on any atom is -0.271 e. The number of carbonyl (C=O) groups is 1. The van der Waals surface area contributed by atoms with Crippen LogP contribution in [0.1, 0.15) is 5.56 Å². The fraction of sp³-hybridized carbons (Fsp3) is 0.133. The molecule has 126 valence electrons. The molecule has 1 aromatic heterocycles. The van der Waals surface area contributed by atoms with Crippen LogP contribution in [-0.4, -0.2) is 38.3 Å². The van der Waals surface area contributed by atoms with Crippen LogP contribution in [0.2, 0.25) is 0 Å². The number of rotatable bonds is 6. The predicted octanol–water partition coefficient (Wildman–Crippen LogP) is 1.76. The summed E-state index contributed by atoms with van der Waals surface area (Å²) in [6.45, 7) is -0.380. The molecule has 2 aromatic rings. The molecule has 0 spiro atoms. The highest BCUT2D eigenvalue weighted by Gasteiger charge is 2.22. The van der Waals surface area contributed by atoms with Crippen LogP contribution in [0.4, 0.5) is 5.69 Å². The number of amides is 1. The third kappa shape index (κ3) is 5.14. The Labute approximate surface area is 148 Å². The number of halogens is 1. The second kappa shape index (κ2) is 8.02. The molecular weight excluding hydrogens is 396 g/mol. The third-order valence-corrected chi connectivity index (χ3v) is 4.71. The zero-order valence-electron chi connectivity index (χ0n) is 12.8. The monoisotopic (exact) mass is 410 g/mol. The van der Waals surface area contributed by atoms with Crippen LogP contribution < -0.4 is 9.73 Å². The lowest BCUT2D eigenvalue weighted by Gasteiger charge is -2.22. The molecule has 0 aliphatic heterocycles. The van der Waals surface area contributed by atoms with Crippen molar-refractivity contribution in [2.45, 2.75) is 0 Å². The van der Waals surface area contributed by atoms with E-state index in [2.05, 4.69) is 31.4 Å². The van der Waals surface area contributed by atoms with E-state index >= 15 is 0 Å².